The maximum absolute atomic E-state index is 4.16. The van der Waals surface area contributed by atoms with Gasteiger partial charge in [-0.2, -0.15) is 0 Å². The first-order chi connectivity index (χ1) is 7.77. The highest BCUT2D eigenvalue weighted by Gasteiger charge is 2.08. The molecule has 1 heterocycles. The van der Waals surface area contributed by atoms with Crippen LogP contribution in [0, 0.1) is 0 Å². The Morgan fingerprint density at radius 1 is 0.875 bits per heavy atom. The average molecular weight is 338 g/mol. The molecule has 0 atom stereocenters. The summed E-state index contributed by atoms with van der Waals surface area (Å²) in [5, 5.41) is 11.7. The Kier molecular flexibility index (Phi) is 2.41. The van der Waals surface area contributed by atoms with Gasteiger partial charge in [-0.15, -0.1) is 10.2 Å². The Morgan fingerprint density at radius 3 is 2.56 bits per heavy atom. The van der Waals surface area contributed by atoms with E-state index in [1.807, 2.05) is 18.2 Å². The Hall–Kier alpha value is -1.00. The summed E-state index contributed by atoms with van der Waals surface area (Å²) in [6.45, 7) is 0. The van der Waals surface area contributed by atoms with Crippen LogP contribution in [0.4, 0.5) is 0 Å². The Morgan fingerprint density at radius 2 is 1.69 bits per heavy atom. The molecule has 78 valence electrons. The van der Waals surface area contributed by atoms with Gasteiger partial charge in [0, 0.05) is 5.39 Å². The van der Waals surface area contributed by atoms with Crippen molar-refractivity contribution < 1.29 is 0 Å². The Bertz CT molecular complexity index is 695. The molecule has 0 N–H and O–H groups in total. The summed E-state index contributed by atoms with van der Waals surface area (Å²) in [4.78, 5) is 0. The number of hydrogen-bond donors (Lipinski definition) is 0. The van der Waals surface area contributed by atoms with E-state index < -0.39 is 0 Å². The maximum Gasteiger partial charge on any atom is 0.143 e. The highest BCUT2D eigenvalue weighted by atomic mass is 79.9. The van der Waals surface area contributed by atoms with Crippen LogP contribution in [0.1, 0.15) is 0 Å². The lowest BCUT2D eigenvalue weighted by molar-refractivity contribution is 1.04. The van der Waals surface area contributed by atoms with E-state index in [9.17, 15) is 0 Å². The number of fused-ring (bicyclic) bond motifs is 3. The van der Waals surface area contributed by atoms with E-state index in [1.165, 1.54) is 10.8 Å². The standard InChI is InChI=1S/C12H6Br2N2/c13-11-10-8-4-2-1-3-7(8)5-6-9(10)15-16-12(11)14/h1-6H. The maximum atomic E-state index is 4.16. The quantitative estimate of drug-likeness (QED) is 0.571. The first-order valence-corrected chi connectivity index (χ1v) is 6.35. The van der Waals surface area contributed by atoms with Gasteiger partial charge in [0.1, 0.15) is 4.60 Å². The summed E-state index contributed by atoms with van der Waals surface area (Å²) in [5.74, 6) is 0. The lowest BCUT2D eigenvalue weighted by atomic mass is 10.1. The van der Waals surface area contributed by atoms with Gasteiger partial charge in [-0.1, -0.05) is 30.3 Å². The van der Waals surface area contributed by atoms with E-state index in [1.54, 1.807) is 0 Å². The SMILES string of the molecule is Brc1nnc2ccc3ccccc3c2c1Br. The van der Waals surface area contributed by atoms with E-state index in [2.05, 4.69) is 60.3 Å². The molecule has 3 aromatic rings. The van der Waals surface area contributed by atoms with Crippen LogP contribution in [-0.4, -0.2) is 10.2 Å². The molecule has 0 aliphatic carbocycles. The van der Waals surface area contributed by atoms with Gasteiger partial charge in [-0.25, -0.2) is 0 Å². The average Bonchev–Trinajstić information content (AvgIpc) is 2.33. The molecule has 2 aromatic carbocycles. The second-order valence-corrected chi connectivity index (χ2v) is 5.03. The van der Waals surface area contributed by atoms with Crippen molar-refractivity contribution in [3.05, 3.63) is 45.5 Å². The first-order valence-electron chi connectivity index (χ1n) is 4.76. The smallest absolute Gasteiger partial charge is 0.143 e. The van der Waals surface area contributed by atoms with E-state index in [4.69, 9.17) is 0 Å². The fourth-order valence-electron chi connectivity index (χ4n) is 1.82. The summed E-state index contributed by atoms with van der Waals surface area (Å²) in [7, 11) is 0. The van der Waals surface area contributed by atoms with Crippen LogP contribution in [0.3, 0.4) is 0 Å². The largest absolute Gasteiger partial charge is 0.149 e. The van der Waals surface area contributed by atoms with Crippen molar-refractivity contribution in [1.82, 2.24) is 10.2 Å². The van der Waals surface area contributed by atoms with Crippen molar-refractivity contribution in [3.8, 4) is 0 Å². The van der Waals surface area contributed by atoms with Crippen molar-refractivity contribution in [3.63, 3.8) is 0 Å². The van der Waals surface area contributed by atoms with Gasteiger partial charge in [-0.05, 0) is 48.7 Å². The van der Waals surface area contributed by atoms with E-state index in [-0.39, 0.29) is 0 Å². The molecule has 2 nitrogen and oxygen atoms in total. The molecule has 0 amide bonds. The van der Waals surface area contributed by atoms with Crippen molar-refractivity contribution in [2.75, 3.05) is 0 Å². The number of rotatable bonds is 0. The van der Waals surface area contributed by atoms with E-state index in [0.717, 1.165) is 20.0 Å². The number of aromatic nitrogens is 2. The summed E-state index contributed by atoms with van der Waals surface area (Å²) >= 11 is 6.93. The minimum absolute atomic E-state index is 0.733. The zero-order valence-corrected chi connectivity index (χ0v) is 11.3. The minimum Gasteiger partial charge on any atom is -0.149 e. The number of nitrogens with zero attached hydrogens (tertiary/aromatic N) is 2. The Labute approximate surface area is 109 Å². The lowest BCUT2D eigenvalue weighted by Crippen LogP contribution is -1.88. The molecule has 0 radical (unpaired) electrons. The highest BCUT2D eigenvalue weighted by Crippen LogP contribution is 2.33. The van der Waals surface area contributed by atoms with E-state index in [0.29, 0.717) is 0 Å². The third kappa shape index (κ3) is 1.44. The first kappa shape index (κ1) is 10.2. The van der Waals surface area contributed by atoms with Crippen LogP contribution in [0.2, 0.25) is 0 Å². The van der Waals surface area contributed by atoms with Crippen LogP contribution in [0.15, 0.2) is 45.5 Å². The van der Waals surface area contributed by atoms with E-state index >= 15 is 0 Å². The molecule has 0 aliphatic rings. The minimum atomic E-state index is 0.733. The molecule has 0 saturated heterocycles. The molecule has 0 saturated carbocycles. The van der Waals surface area contributed by atoms with Gasteiger partial charge < -0.3 is 0 Å². The lowest BCUT2D eigenvalue weighted by Gasteiger charge is -2.05. The predicted molar refractivity (Wildman–Crippen MR) is 72.4 cm³/mol. The fraction of sp³-hybridized carbons (Fsp3) is 0. The molecule has 0 spiro atoms. The van der Waals surface area contributed by atoms with Gasteiger partial charge in [0.2, 0.25) is 0 Å². The van der Waals surface area contributed by atoms with Crippen molar-refractivity contribution >= 4 is 53.5 Å². The molecule has 0 unspecified atom stereocenters. The second-order valence-electron chi connectivity index (χ2n) is 3.49. The molecular weight excluding hydrogens is 332 g/mol. The normalized spacial score (nSPS) is 11.1. The van der Waals surface area contributed by atoms with Gasteiger partial charge in [0.05, 0.1) is 9.99 Å². The Balaban J connectivity index is 2.63. The van der Waals surface area contributed by atoms with Gasteiger partial charge in [0.15, 0.2) is 0 Å². The second kappa shape index (κ2) is 3.79. The molecule has 3 rings (SSSR count). The molecule has 0 bridgehead atoms. The third-order valence-electron chi connectivity index (χ3n) is 2.55. The van der Waals surface area contributed by atoms with Crippen LogP contribution in [0.25, 0.3) is 21.7 Å². The molecule has 0 aliphatic heterocycles. The van der Waals surface area contributed by atoms with Gasteiger partial charge in [-0.3, -0.25) is 0 Å². The zero-order valence-electron chi connectivity index (χ0n) is 8.11. The van der Waals surface area contributed by atoms with Crippen LogP contribution < -0.4 is 0 Å². The van der Waals surface area contributed by atoms with Crippen LogP contribution in [0.5, 0.6) is 0 Å². The van der Waals surface area contributed by atoms with Crippen LogP contribution >= 0.6 is 31.9 Å². The molecule has 16 heavy (non-hydrogen) atoms. The molecule has 1 aromatic heterocycles. The monoisotopic (exact) mass is 336 g/mol. The fourth-order valence-corrected chi connectivity index (χ4v) is 2.59. The van der Waals surface area contributed by atoms with Crippen LogP contribution in [-0.2, 0) is 0 Å². The molecule has 0 fully saturated rings. The number of benzene rings is 2. The van der Waals surface area contributed by atoms with Crippen molar-refractivity contribution in [1.29, 1.82) is 0 Å². The summed E-state index contributed by atoms with van der Waals surface area (Å²) in [6, 6.07) is 12.3. The zero-order chi connectivity index (χ0) is 11.1. The summed E-state index contributed by atoms with van der Waals surface area (Å²) < 4.78 is 1.69. The predicted octanol–water partition coefficient (Wildman–Crippen LogP) is 4.31. The van der Waals surface area contributed by atoms with Gasteiger partial charge >= 0.3 is 0 Å². The van der Waals surface area contributed by atoms with Crippen molar-refractivity contribution in [2.45, 2.75) is 0 Å². The van der Waals surface area contributed by atoms with Gasteiger partial charge in [0.25, 0.3) is 0 Å². The number of hydrogen-bond acceptors (Lipinski definition) is 2. The summed E-state index contributed by atoms with van der Waals surface area (Å²) in [6.07, 6.45) is 0. The topological polar surface area (TPSA) is 25.8 Å². The van der Waals surface area contributed by atoms with Crippen molar-refractivity contribution in [2.24, 2.45) is 0 Å². The number of halogens is 2. The summed E-state index contributed by atoms with van der Waals surface area (Å²) in [5.41, 5.74) is 0.897. The molecular formula is C12H6Br2N2. The highest BCUT2D eigenvalue weighted by molar-refractivity contribution is 9.13. The third-order valence-corrected chi connectivity index (χ3v) is 4.41. The molecule has 4 heteroatoms.